The van der Waals surface area contributed by atoms with E-state index in [0.717, 1.165) is 4.88 Å². The normalized spacial score (nSPS) is 10.7. The molecule has 2 N–H and O–H groups in total. The molecule has 0 radical (unpaired) electrons. The third-order valence-corrected chi connectivity index (χ3v) is 3.44. The second kappa shape index (κ2) is 3.34. The molecule has 1 aromatic heterocycles. The van der Waals surface area contributed by atoms with Gasteiger partial charge in [0.05, 0.1) is 0 Å². The van der Waals surface area contributed by atoms with E-state index in [1.54, 1.807) is 6.07 Å². The van der Waals surface area contributed by atoms with Crippen LogP contribution in [-0.4, -0.2) is 8.42 Å². The highest BCUT2D eigenvalue weighted by Crippen LogP contribution is 2.18. The molecule has 5 heteroatoms. The molecule has 1 heterocycles. The predicted molar refractivity (Wildman–Crippen MR) is 47.2 cm³/mol. The van der Waals surface area contributed by atoms with Crippen LogP contribution in [-0.2, 0) is 10.0 Å². The SMILES string of the molecule is C.Cc1ccc(S(N)(=O)=O)s1. The minimum atomic E-state index is -3.46. The van der Waals surface area contributed by atoms with Gasteiger partial charge in [0.1, 0.15) is 4.21 Å². The first-order valence-electron chi connectivity index (χ1n) is 2.59. The fraction of sp³-hybridized carbons (Fsp3) is 0.333. The van der Waals surface area contributed by atoms with E-state index in [-0.39, 0.29) is 11.6 Å². The largest absolute Gasteiger partial charge is 0.247 e. The average Bonchev–Trinajstić information content (AvgIpc) is 2.11. The van der Waals surface area contributed by atoms with E-state index in [0.29, 0.717) is 0 Å². The lowest BCUT2D eigenvalue weighted by atomic mass is 10.5. The average molecular weight is 193 g/mol. The first-order valence-corrected chi connectivity index (χ1v) is 4.95. The highest BCUT2D eigenvalue weighted by Gasteiger charge is 2.08. The monoisotopic (exact) mass is 193 g/mol. The van der Waals surface area contributed by atoms with E-state index in [1.807, 2.05) is 6.92 Å². The summed E-state index contributed by atoms with van der Waals surface area (Å²) in [7, 11) is -3.46. The summed E-state index contributed by atoms with van der Waals surface area (Å²) >= 11 is 1.18. The van der Waals surface area contributed by atoms with Crippen molar-refractivity contribution in [3.05, 3.63) is 17.0 Å². The third kappa shape index (κ3) is 2.61. The fourth-order valence-electron chi connectivity index (χ4n) is 0.565. The molecule has 0 aliphatic heterocycles. The Balaban J connectivity index is 0.000001000. The van der Waals surface area contributed by atoms with E-state index in [4.69, 9.17) is 5.14 Å². The minimum Gasteiger partial charge on any atom is -0.224 e. The molecule has 0 unspecified atom stereocenters. The van der Waals surface area contributed by atoms with Gasteiger partial charge >= 0.3 is 0 Å². The second-order valence-electron chi connectivity index (χ2n) is 1.91. The second-order valence-corrected chi connectivity index (χ2v) is 4.99. The van der Waals surface area contributed by atoms with E-state index in [1.165, 1.54) is 17.4 Å². The minimum absolute atomic E-state index is 0. The summed E-state index contributed by atoms with van der Waals surface area (Å²) in [6, 6.07) is 3.24. The highest BCUT2D eigenvalue weighted by molar-refractivity contribution is 7.91. The Morgan fingerprint density at radius 3 is 2.18 bits per heavy atom. The third-order valence-electron chi connectivity index (χ3n) is 0.996. The van der Waals surface area contributed by atoms with Crippen LogP contribution in [0.25, 0.3) is 0 Å². The molecule has 0 saturated carbocycles. The molecule has 0 aliphatic carbocycles. The molecule has 11 heavy (non-hydrogen) atoms. The maximum absolute atomic E-state index is 10.6. The van der Waals surface area contributed by atoms with Gasteiger partial charge in [-0.05, 0) is 19.1 Å². The molecule has 0 fully saturated rings. The van der Waals surface area contributed by atoms with E-state index >= 15 is 0 Å². The van der Waals surface area contributed by atoms with Gasteiger partial charge in [-0.1, -0.05) is 7.43 Å². The zero-order chi connectivity index (χ0) is 7.78. The number of sulfonamides is 1. The Labute approximate surface area is 70.9 Å². The number of rotatable bonds is 1. The Kier molecular flexibility index (Phi) is 3.22. The van der Waals surface area contributed by atoms with Gasteiger partial charge in [0.15, 0.2) is 0 Å². The van der Waals surface area contributed by atoms with Crippen molar-refractivity contribution in [3.63, 3.8) is 0 Å². The molecule has 0 aromatic carbocycles. The molecule has 0 amide bonds. The van der Waals surface area contributed by atoms with Crippen LogP contribution in [0.4, 0.5) is 0 Å². The van der Waals surface area contributed by atoms with Crippen molar-refractivity contribution < 1.29 is 8.42 Å². The fourth-order valence-corrected chi connectivity index (χ4v) is 2.27. The van der Waals surface area contributed by atoms with Crippen molar-refractivity contribution in [2.75, 3.05) is 0 Å². The highest BCUT2D eigenvalue weighted by atomic mass is 32.2. The Hall–Kier alpha value is -0.390. The van der Waals surface area contributed by atoms with Crippen LogP contribution in [0.15, 0.2) is 16.3 Å². The number of aryl methyl sites for hydroxylation is 1. The summed E-state index contributed by atoms with van der Waals surface area (Å²) in [5, 5.41) is 4.85. The lowest BCUT2D eigenvalue weighted by molar-refractivity contribution is 0.600. The Morgan fingerprint density at radius 1 is 1.45 bits per heavy atom. The first-order chi connectivity index (χ1) is 4.50. The molecule has 0 bridgehead atoms. The van der Waals surface area contributed by atoms with Crippen LogP contribution < -0.4 is 5.14 Å². The molecule has 0 spiro atoms. The van der Waals surface area contributed by atoms with Gasteiger partial charge in [0, 0.05) is 4.88 Å². The van der Waals surface area contributed by atoms with E-state index in [2.05, 4.69) is 0 Å². The van der Waals surface area contributed by atoms with Gasteiger partial charge in [-0.15, -0.1) is 11.3 Å². The Morgan fingerprint density at radius 2 is 2.00 bits per heavy atom. The van der Waals surface area contributed by atoms with Crippen molar-refractivity contribution in [3.8, 4) is 0 Å². The van der Waals surface area contributed by atoms with Gasteiger partial charge in [0.25, 0.3) is 0 Å². The summed E-state index contributed by atoms with van der Waals surface area (Å²) in [6.45, 7) is 1.83. The van der Waals surface area contributed by atoms with Crippen molar-refractivity contribution in [2.24, 2.45) is 5.14 Å². The summed E-state index contributed by atoms with van der Waals surface area (Å²) in [6.07, 6.45) is 0. The van der Waals surface area contributed by atoms with Crippen molar-refractivity contribution in [1.29, 1.82) is 0 Å². The lowest BCUT2D eigenvalue weighted by Gasteiger charge is -1.87. The number of thiophene rings is 1. The van der Waals surface area contributed by atoms with Gasteiger partial charge in [-0.25, -0.2) is 13.6 Å². The molecule has 1 aromatic rings. The van der Waals surface area contributed by atoms with Gasteiger partial charge in [-0.2, -0.15) is 0 Å². The standard InChI is InChI=1S/C5H7NO2S2.CH4/c1-4-2-3-5(9-4)10(6,7)8;/h2-3H,1H3,(H2,6,7,8);1H4. The topological polar surface area (TPSA) is 60.2 Å². The van der Waals surface area contributed by atoms with Crippen LogP contribution in [0.5, 0.6) is 0 Å². The van der Waals surface area contributed by atoms with Crippen LogP contribution >= 0.6 is 11.3 Å². The van der Waals surface area contributed by atoms with E-state index < -0.39 is 10.0 Å². The summed E-state index contributed by atoms with van der Waals surface area (Å²) < 4.78 is 21.5. The number of nitrogens with two attached hydrogens (primary N) is 1. The first kappa shape index (κ1) is 10.6. The summed E-state index contributed by atoms with van der Waals surface area (Å²) in [5.41, 5.74) is 0. The predicted octanol–water partition coefficient (Wildman–Crippen LogP) is 1.34. The molecular formula is C6H11NO2S2. The molecule has 0 aliphatic rings. The lowest BCUT2D eigenvalue weighted by Crippen LogP contribution is -2.09. The van der Waals surface area contributed by atoms with Crippen LogP contribution in [0.2, 0.25) is 0 Å². The smallest absolute Gasteiger partial charge is 0.224 e. The Bertz CT molecular complexity index is 326. The molecular weight excluding hydrogens is 182 g/mol. The molecule has 3 nitrogen and oxygen atoms in total. The van der Waals surface area contributed by atoms with Gasteiger partial charge in [-0.3, -0.25) is 0 Å². The quantitative estimate of drug-likeness (QED) is 0.731. The zero-order valence-electron chi connectivity index (χ0n) is 5.37. The maximum Gasteiger partial charge on any atom is 0.247 e. The van der Waals surface area contributed by atoms with Gasteiger partial charge in [0.2, 0.25) is 10.0 Å². The van der Waals surface area contributed by atoms with Crippen molar-refractivity contribution in [1.82, 2.24) is 0 Å². The van der Waals surface area contributed by atoms with Crippen LogP contribution in [0, 0.1) is 6.92 Å². The summed E-state index contributed by atoms with van der Waals surface area (Å²) in [5.74, 6) is 0. The van der Waals surface area contributed by atoms with Crippen molar-refractivity contribution in [2.45, 2.75) is 18.6 Å². The maximum atomic E-state index is 10.6. The number of hydrogen-bond donors (Lipinski definition) is 1. The van der Waals surface area contributed by atoms with E-state index in [9.17, 15) is 8.42 Å². The molecule has 0 saturated heterocycles. The molecule has 1 rings (SSSR count). The number of primary sulfonamides is 1. The van der Waals surface area contributed by atoms with Gasteiger partial charge < -0.3 is 0 Å². The zero-order valence-corrected chi connectivity index (χ0v) is 7.00. The van der Waals surface area contributed by atoms with Crippen molar-refractivity contribution >= 4 is 21.4 Å². The number of hydrogen-bond acceptors (Lipinski definition) is 3. The summed E-state index contributed by atoms with van der Waals surface area (Å²) in [4.78, 5) is 0.948. The molecule has 0 atom stereocenters. The molecule has 64 valence electrons. The van der Waals surface area contributed by atoms with Crippen LogP contribution in [0.1, 0.15) is 12.3 Å². The van der Waals surface area contributed by atoms with Crippen LogP contribution in [0.3, 0.4) is 0 Å².